The highest BCUT2D eigenvalue weighted by Crippen LogP contribution is 2.20. The lowest BCUT2D eigenvalue weighted by Gasteiger charge is -2.26. The molecule has 0 radical (unpaired) electrons. The summed E-state index contributed by atoms with van der Waals surface area (Å²) in [6, 6.07) is 5.91. The zero-order valence-electron chi connectivity index (χ0n) is 15.3. The molecule has 0 bridgehead atoms. The number of morpholine rings is 1. The Kier molecular flexibility index (Phi) is 6.14. The molecule has 0 spiro atoms. The van der Waals surface area contributed by atoms with E-state index < -0.39 is 0 Å². The second-order valence-corrected chi connectivity index (χ2v) is 6.39. The van der Waals surface area contributed by atoms with Crippen LogP contribution in [0.2, 0.25) is 0 Å². The lowest BCUT2D eigenvalue weighted by atomic mass is 10.1. The smallest absolute Gasteiger partial charge is 0.275 e. The number of ether oxygens (including phenoxy) is 1. The number of carbonyl (C=O) groups excluding carboxylic acids is 1. The van der Waals surface area contributed by atoms with Gasteiger partial charge in [0.15, 0.2) is 0 Å². The zero-order valence-corrected chi connectivity index (χ0v) is 15.3. The van der Waals surface area contributed by atoms with Gasteiger partial charge in [0.25, 0.3) is 5.91 Å². The minimum Gasteiger partial charge on any atom is -0.379 e. The monoisotopic (exact) mass is 355 g/mol. The Balaban J connectivity index is 1.52. The lowest BCUT2D eigenvalue weighted by molar-refractivity contribution is 0.0398. The first kappa shape index (κ1) is 18.3. The van der Waals surface area contributed by atoms with Crippen LogP contribution in [0.1, 0.15) is 21.6 Å². The Bertz CT molecular complexity index is 722. The molecule has 1 fully saturated rings. The molecule has 7 heteroatoms. The first-order valence-electron chi connectivity index (χ1n) is 8.87. The molecule has 7 nitrogen and oxygen atoms in total. The van der Waals surface area contributed by atoms with Gasteiger partial charge >= 0.3 is 0 Å². The van der Waals surface area contributed by atoms with Crippen LogP contribution in [-0.4, -0.2) is 60.2 Å². The van der Waals surface area contributed by atoms with Crippen molar-refractivity contribution in [3.8, 4) is 0 Å². The van der Waals surface area contributed by atoms with E-state index in [0.717, 1.165) is 56.2 Å². The van der Waals surface area contributed by atoms with Crippen molar-refractivity contribution >= 4 is 17.4 Å². The summed E-state index contributed by atoms with van der Waals surface area (Å²) in [7, 11) is 0. The summed E-state index contributed by atoms with van der Waals surface area (Å²) in [6.07, 6.45) is 3.10. The molecule has 3 rings (SSSR count). The van der Waals surface area contributed by atoms with E-state index in [9.17, 15) is 4.79 Å². The van der Waals surface area contributed by atoms with Gasteiger partial charge in [0.05, 0.1) is 25.6 Å². The third-order valence-corrected chi connectivity index (χ3v) is 4.44. The molecule has 138 valence electrons. The Morgan fingerprint density at radius 3 is 2.54 bits per heavy atom. The fraction of sp³-hybridized carbons (Fsp3) is 0.421. The van der Waals surface area contributed by atoms with Gasteiger partial charge in [-0.25, -0.2) is 9.97 Å². The number of nitrogens with one attached hydrogen (secondary N) is 2. The van der Waals surface area contributed by atoms with Crippen LogP contribution in [0.3, 0.4) is 0 Å². The predicted octanol–water partition coefficient (Wildman–Crippen LogP) is 2.09. The van der Waals surface area contributed by atoms with Gasteiger partial charge in [-0.05, 0) is 25.0 Å². The standard InChI is InChI=1S/C19H25N5O2/c1-14-4-3-5-15(2)18(14)23-19(25)16-12-22-17(13-21-16)20-6-7-24-8-10-26-11-9-24/h3-5,12-13H,6-11H2,1-2H3,(H,20,22)(H,23,25). The van der Waals surface area contributed by atoms with Crippen molar-refractivity contribution < 1.29 is 9.53 Å². The number of aromatic nitrogens is 2. The van der Waals surface area contributed by atoms with Gasteiger partial charge in [-0.1, -0.05) is 18.2 Å². The average Bonchev–Trinajstić information content (AvgIpc) is 2.66. The van der Waals surface area contributed by atoms with Gasteiger partial charge < -0.3 is 15.4 Å². The molecule has 1 saturated heterocycles. The summed E-state index contributed by atoms with van der Waals surface area (Å²) in [4.78, 5) is 23.3. The maximum Gasteiger partial charge on any atom is 0.275 e. The maximum atomic E-state index is 12.4. The van der Waals surface area contributed by atoms with Gasteiger partial charge in [0.1, 0.15) is 11.5 Å². The lowest BCUT2D eigenvalue weighted by Crippen LogP contribution is -2.39. The van der Waals surface area contributed by atoms with Crippen LogP contribution in [0, 0.1) is 13.8 Å². The Labute approximate surface area is 153 Å². The van der Waals surface area contributed by atoms with E-state index in [-0.39, 0.29) is 5.91 Å². The molecular weight excluding hydrogens is 330 g/mol. The molecule has 1 aliphatic heterocycles. The van der Waals surface area contributed by atoms with E-state index in [4.69, 9.17) is 4.74 Å². The van der Waals surface area contributed by atoms with E-state index in [1.54, 1.807) is 6.20 Å². The minimum absolute atomic E-state index is 0.255. The Hall–Kier alpha value is -2.51. The molecule has 2 heterocycles. The molecule has 1 aromatic carbocycles. The van der Waals surface area contributed by atoms with Crippen LogP contribution in [0.4, 0.5) is 11.5 Å². The van der Waals surface area contributed by atoms with Gasteiger partial charge in [0.2, 0.25) is 0 Å². The maximum absolute atomic E-state index is 12.4. The molecule has 0 saturated carbocycles. The van der Waals surface area contributed by atoms with Crippen LogP contribution in [0.15, 0.2) is 30.6 Å². The summed E-state index contributed by atoms with van der Waals surface area (Å²) in [5.74, 6) is 0.414. The van der Waals surface area contributed by atoms with Crippen LogP contribution in [0.25, 0.3) is 0 Å². The highest BCUT2D eigenvalue weighted by Gasteiger charge is 2.12. The van der Waals surface area contributed by atoms with Crippen LogP contribution in [0.5, 0.6) is 0 Å². The quantitative estimate of drug-likeness (QED) is 0.826. The minimum atomic E-state index is -0.255. The number of carbonyl (C=O) groups is 1. The molecule has 1 aliphatic rings. The van der Waals surface area contributed by atoms with Crippen molar-refractivity contribution in [2.24, 2.45) is 0 Å². The second-order valence-electron chi connectivity index (χ2n) is 6.39. The van der Waals surface area contributed by atoms with Crippen molar-refractivity contribution in [3.63, 3.8) is 0 Å². The molecule has 0 atom stereocenters. The predicted molar refractivity (Wildman–Crippen MR) is 102 cm³/mol. The second kappa shape index (κ2) is 8.73. The number of hydrogen-bond acceptors (Lipinski definition) is 6. The SMILES string of the molecule is Cc1cccc(C)c1NC(=O)c1cnc(NCCN2CCOCC2)cn1. The molecule has 0 aliphatic carbocycles. The molecule has 1 aromatic heterocycles. The fourth-order valence-electron chi connectivity index (χ4n) is 2.89. The molecular formula is C19H25N5O2. The van der Waals surface area contributed by atoms with Gasteiger partial charge in [-0.2, -0.15) is 0 Å². The topological polar surface area (TPSA) is 79.4 Å². The van der Waals surface area contributed by atoms with Crippen LogP contribution >= 0.6 is 0 Å². The summed E-state index contributed by atoms with van der Waals surface area (Å²) in [5.41, 5.74) is 3.17. The number of benzene rings is 1. The average molecular weight is 355 g/mol. The van der Waals surface area contributed by atoms with E-state index in [1.807, 2.05) is 32.0 Å². The first-order valence-corrected chi connectivity index (χ1v) is 8.87. The number of hydrogen-bond donors (Lipinski definition) is 2. The van der Waals surface area contributed by atoms with E-state index >= 15 is 0 Å². The summed E-state index contributed by atoms with van der Waals surface area (Å²) in [6.45, 7) is 9.16. The van der Waals surface area contributed by atoms with Gasteiger partial charge in [0, 0.05) is 31.9 Å². The number of rotatable bonds is 6. The summed E-state index contributed by atoms with van der Waals surface area (Å²) in [5, 5.41) is 6.16. The molecule has 2 aromatic rings. The number of amides is 1. The van der Waals surface area contributed by atoms with Crippen LogP contribution < -0.4 is 10.6 Å². The first-order chi connectivity index (χ1) is 12.6. The highest BCUT2D eigenvalue weighted by molar-refractivity contribution is 6.03. The molecule has 1 amide bonds. The Morgan fingerprint density at radius 1 is 1.15 bits per heavy atom. The van der Waals surface area contributed by atoms with Crippen molar-refractivity contribution in [1.29, 1.82) is 0 Å². The van der Waals surface area contributed by atoms with E-state index in [1.165, 1.54) is 6.20 Å². The van der Waals surface area contributed by atoms with E-state index in [2.05, 4.69) is 25.5 Å². The third kappa shape index (κ3) is 4.77. The summed E-state index contributed by atoms with van der Waals surface area (Å²) < 4.78 is 5.33. The van der Waals surface area contributed by atoms with Gasteiger partial charge in [-0.15, -0.1) is 0 Å². The summed E-state index contributed by atoms with van der Waals surface area (Å²) >= 11 is 0. The number of anilines is 2. The largest absolute Gasteiger partial charge is 0.379 e. The third-order valence-electron chi connectivity index (χ3n) is 4.44. The normalized spacial score (nSPS) is 14.8. The van der Waals surface area contributed by atoms with Crippen molar-refractivity contribution in [1.82, 2.24) is 14.9 Å². The highest BCUT2D eigenvalue weighted by atomic mass is 16.5. The number of para-hydroxylation sites is 1. The molecule has 26 heavy (non-hydrogen) atoms. The fourth-order valence-corrected chi connectivity index (χ4v) is 2.89. The van der Waals surface area contributed by atoms with E-state index in [0.29, 0.717) is 11.5 Å². The number of aryl methyl sites for hydroxylation is 2. The number of nitrogens with zero attached hydrogens (tertiary/aromatic N) is 3. The van der Waals surface area contributed by atoms with Crippen molar-refractivity contribution in [3.05, 3.63) is 47.4 Å². The van der Waals surface area contributed by atoms with Gasteiger partial charge in [-0.3, -0.25) is 9.69 Å². The zero-order chi connectivity index (χ0) is 18.4. The van der Waals surface area contributed by atoms with Crippen molar-refractivity contribution in [2.75, 3.05) is 50.0 Å². The van der Waals surface area contributed by atoms with Crippen molar-refractivity contribution in [2.45, 2.75) is 13.8 Å². The van der Waals surface area contributed by atoms with Crippen LogP contribution in [-0.2, 0) is 4.74 Å². The Morgan fingerprint density at radius 2 is 1.88 bits per heavy atom. The molecule has 0 unspecified atom stereocenters. The molecule has 2 N–H and O–H groups in total.